The summed E-state index contributed by atoms with van der Waals surface area (Å²) in [7, 11) is 0. The van der Waals surface area contributed by atoms with Gasteiger partial charge in [-0.3, -0.25) is 9.97 Å². The molecule has 2 rings (SSSR count). The van der Waals surface area contributed by atoms with Crippen molar-refractivity contribution in [1.82, 2.24) is 9.97 Å². The van der Waals surface area contributed by atoms with E-state index in [1.807, 2.05) is 39.0 Å². The maximum Gasteiger partial charge on any atom is 0.0706 e. The summed E-state index contributed by atoms with van der Waals surface area (Å²) in [5.41, 5.74) is 5.27. The third kappa shape index (κ3) is 2.21. The highest BCUT2D eigenvalue weighted by Crippen LogP contribution is 2.18. The predicted molar refractivity (Wildman–Crippen MR) is 61.7 cm³/mol. The van der Waals surface area contributed by atoms with Gasteiger partial charge in [0.15, 0.2) is 0 Å². The summed E-state index contributed by atoms with van der Waals surface area (Å²) in [6, 6.07) is 10.2. The van der Waals surface area contributed by atoms with Crippen LogP contribution in [0.1, 0.15) is 17.1 Å². The van der Waals surface area contributed by atoms with E-state index in [2.05, 4.69) is 22.1 Å². The van der Waals surface area contributed by atoms with Gasteiger partial charge in [-0.1, -0.05) is 6.07 Å². The molecule has 2 heteroatoms. The Hall–Kier alpha value is -1.70. The first-order valence-corrected chi connectivity index (χ1v) is 5.04. The molecule has 76 valence electrons. The second kappa shape index (κ2) is 3.81. The first-order chi connectivity index (χ1) is 7.15. The van der Waals surface area contributed by atoms with E-state index in [-0.39, 0.29) is 0 Å². The Balaban J connectivity index is 2.54. The van der Waals surface area contributed by atoms with Gasteiger partial charge in [0.2, 0.25) is 0 Å². The van der Waals surface area contributed by atoms with Crippen LogP contribution in [0.2, 0.25) is 0 Å². The van der Waals surface area contributed by atoms with E-state index in [9.17, 15) is 0 Å². The highest BCUT2D eigenvalue weighted by molar-refractivity contribution is 5.59. The van der Waals surface area contributed by atoms with Crippen molar-refractivity contribution < 1.29 is 0 Å². The number of hydrogen-bond acceptors (Lipinski definition) is 2. The maximum atomic E-state index is 4.50. The van der Waals surface area contributed by atoms with E-state index < -0.39 is 0 Å². The summed E-state index contributed by atoms with van der Waals surface area (Å²) in [4.78, 5) is 8.85. The van der Waals surface area contributed by atoms with Gasteiger partial charge in [0.1, 0.15) is 0 Å². The highest BCUT2D eigenvalue weighted by Gasteiger charge is 2.01. The first-order valence-electron chi connectivity index (χ1n) is 5.04. The van der Waals surface area contributed by atoms with E-state index in [0.29, 0.717) is 0 Å². The average molecular weight is 198 g/mol. The molecule has 0 radical (unpaired) electrons. The van der Waals surface area contributed by atoms with Crippen LogP contribution in [0.5, 0.6) is 0 Å². The lowest BCUT2D eigenvalue weighted by Crippen LogP contribution is -1.91. The van der Waals surface area contributed by atoms with E-state index in [0.717, 1.165) is 28.3 Å². The Labute approximate surface area is 90.0 Å². The van der Waals surface area contributed by atoms with E-state index in [1.54, 1.807) is 0 Å². The van der Waals surface area contributed by atoms with Crippen LogP contribution in [0.4, 0.5) is 0 Å². The molecule has 0 saturated carbocycles. The van der Waals surface area contributed by atoms with Gasteiger partial charge in [-0.25, -0.2) is 0 Å². The first kappa shape index (κ1) is 9.84. The molecule has 2 aromatic rings. The van der Waals surface area contributed by atoms with Gasteiger partial charge in [0, 0.05) is 22.6 Å². The Bertz CT molecular complexity index is 469. The summed E-state index contributed by atoms with van der Waals surface area (Å²) >= 11 is 0. The fourth-order valence-electron chi connectivity index (χ4n) is 1.69. The third-order valence-electron chi connectivity index (χ3n) is 2.27. The van der Waals surface area contributed by atoms with Crippen LogP contribution >= 0.6 is 0 Å². The molecule has 0 spiro atoms. The van der Waals surface area contributed by atoms with Crippen LogP contribution < -0.4 is 0 Å². The molecular weight excluding hydrogens is 184 g/mol. The number of pyridine rings is 2. The second-order valence-corrected chi connectivity index (χ2v) is 3.80. The Morgan fingerprint density at radius 3 is 2.07 bits per heavy atom. The molecule has 15 heavy (non-hydrogen) atoms. The number of aryl methyl sites for hydroxylation is 3. The van der Waals surface area contributed by atoms with Crippen molar-refractivity contribution in [2.24, 2.45) is 0 Å². The molecule has 0 bridgehead atoms. The Morgan fingerprint density at radius 2 is 1.47 bits per heavy atom. The molecule has 2 aromatic heterocycles. The normalized spacial score (nSPS) is 10.3. The summed E-state index contributed by atoms with van der Waals surface area (Å²) < 4.78 is 0. The number of rotatable bonds is 1. The molecule has 0 fully saturated rings. The van der Waals surface area contributed by atoms with Gasteiger partial charge >= 0.3 is 0 Å². The Kier molecular flexibility index (Phi) is 2.50. The van der Waals surface area contributed by atoms with Crippen molar-refractivity contribution >= 4 is 0 Å². The quantitative estimate of drug-likeness (QED) is 0.703. The molecule has 0 N–H and O–H groups in total. The molecule has 2 nitrogen and oxygen atoms in total. The van der Waals surface area contributed by atoms with Crippen LogP contribution in [-0.4, -0.2) is 9.97 Å². The molecule has 0 saturated heterocycles. The van der Waals surface area contributed by atoms with Gasteiger partial charge in [-0.15, -0.1) is 0 Å². The number of hydrogen-bond donors (Lipinski definition) is 0. The lowest BCUT2D eigenvalue weighted by atomic mass is 10.1. The van der Waals surface area contributed by atoms with E-state index in [1.165, 1.54) is 0 Å². The van der Waals surface area contributed by atoms with Gasteiger partial charge < -0.3 is 0 Å². The molecule has 0 aliphatic heterocycles. The summed E-state index contributed by atoms with van der Waals surface area (Å²) in [5, 5.41) is 0. The minimum absolute atomic E-state index is 1.02. The van der Waals surface area contributed by atoms with Crippen molar-refractivity contribution in [2.45, 2.75) is 20.8 Å². The van der Waals surface area contributed by atoms with Gasteiger partial charge in [-0.2, -0.15) is 0 Å². The minimum atomic E-state index is 1.02. The average Bonchev–Trinajstić information content (AvgIpc) is 2.16. The Morgan fingerprint density at radius 1 is 0.800 bits per heavy atom. The van der Waals surface area contributed by atoms with Crippen molar-refractivity contribution in [1.29, 1.82) is 0 Å². The van der Waals surface area contributed by atoms with Crippen LogP contribution in [0.15, 0.2) is 30.3 Å². The molecule has 0 aliphatic carbocycles. The fraction of sp³-hybridized carbons (Fsp3) is 0.231. The third-order valence-corrected chi connectivity index (χ3v) is 2.27. The molecule has 2 heterocycles. The zero-order chi connectivity index (χ0) is 10.8. The molecule has 0 aromatic carbocycles. The van der Waals surface area contributed by atoms with Crippen molar-refractivity contribution in [3.8, 4) is 11.3 Å². The summed E-state index contributed by atoms with van der Waals surface area (Å²) in [5.74, 6) is 0. The number of nitrogens with zero attached hydrogens (tertiary/aromatic N) is 2. The van der Waals surface area contributed by atoms with Gasteiger partial charge in [0.25, 0.3) is 0 Å². The maximum absolute atomic E-state index is 4.50. The molecular formula is C13H14N2. The van der Waals surface area contributed by atoms with Gasteiger partial charge in [-0.05, 0) is 45.0 Å². The zero-order valence-electron chi connectivity index (χ0n) is 9.28. The van der Waals surface area contributed by atoms with Crippen molar-refractivity contribution in [2.75, 3.05) is 0 Å². The zero-order valence-corrected chi connectivity index (χ0v) is 9.28. The largest absolute Gasteiger partial charge is 0.258 e. The SMILES string of the molecule is Cc1cc(-c2cccc(C)n2)cc(C)n1. The molecule has 0 aliphatic rings. The second-order valence-electron chi connectivity index (χ2n) is 3.80. The van der Waals surface area contributed by atoms with Crippen LogP contribution in [0, 0.1) is 20.8 Å². The van der Waals surface area contributed by atoms with E-state index >= 15 is 0 Å². The van der Waals surface area contributed by atoms with Crippen molar-refractivity contribution in [3.63, 3.8) is 0 Å². The van der Waals surface area contributed by atoms with Gasteiger partial charge in [0.05, 0.1) is 5.69 Å². The predicted octanol–water partition coefficient (Wildman–Crippen LogP) is 3.07. The summed E-state index contributed by atoms with van der Waals surface area (Å²) in [6.07, 6.45) is 0. The monoisotopic (exact) mass is 198 g/mol. The lowest BCUT2D eigenvalue weighted by Gasteiger charge is -2.04. The summed E-state index contributed by atoms with van der Waals surface area (Å²) in [6.45, 7) is 6.02. The molecule has 0 unspecified atom stereocenters. The lowest BCUT2D eigenvalue weighted by molar-refractivity contribution is 1.11. The van der Waals surface area contributed by atoms with Crippen LogP contribution in [-0.2, 0) is 0 Å². The topological polar surface area (TPSA) is 25.8 Å². The van der Waals surface area contributed by atoms with Crippen LogP contribution in [0.25, 0.3) is 11.3 Å². The van der Waals surface area contributed by atoms with Crippen LogP contribution in [0.3, 0.4) is 0 Å². The standard InChI is InChI=1S/C13H14N2/c1-9-5-4-6-13(15-9)12-7-10(2)14-11(3)8-12/h4-8H,1-3H3. The minimum Gasteiger partial charge on any atom is -0.258 e. The fourth-order valence-corrected chi connectivity index (χ4v) is 1.69. The highest BCUT2D eigenvalue weighted by atomic mass is 14.7. The van der Waals surface area contributed by atoms with E-state index in [4.69, 9.17) is 0 Å². The molecule has 0 amide bonds. The smallest absolute Gasteiger partial charge is 0.0706 e. The molecule has 0 atom stereocenters. The van der Waals surface area contributed by atoms with Crippen molar-refractivity contribution in [3.05, 3.63) is 47.4 Å². The number of aromatic nitrogens is 2.